The second-order valence-electron chi connectivity index (χ2n) is 9.71. The van der Waals surface area contributed by atoms with Crippen molar-refractivity contribution in [1.29, 1.82) is 0 Å². The molecule has 42 heavy (non-hydrogen) atoms. The number of halogens is 2. The number of pyridine rings is 1. The fraction of sp³-hybridized carbons (Fsp3) is 0.125. The van der Waals surface area contributed by atoms with E-state index in [9.17, 15) is 4.79 Å². The van der Waals surface area contributed by atoms with E-state index in [1.54, 1.807) is 42.3 Å². The summed E-state index contributed by atoms with van der Waals surface area (Å²) < 4.78 is 29.9. The molecule has 3 heterocycles. The molecule has 0 N–H and O–H groups in total. The average molecular weight is 582 g/mol. The lowest BCUT2D eigenvalue weighted by molar-refractivity contribution is 0.414. The molecular weight excluding hydrogens is 557 g/mol. The summed E-state index contributed by atoms with van der Waals surface area (Å²) in [7, 11) is 1.63. The SMILES string of the molecule is COc1ccc(Cn2nc(C)c3c(Oc4ccc(-c5cncn(Cc6ccc(Cl)cc6)c5=O)cc4F)ccnc32)cc1. The molecule has 3 aromatic heterocycles. The number of hydrogen-bond donors (Lipinski definition) is 0. The van der Waals surface area contributed by atoms with Crippen LogP contribution in [0.4, 0.5) is 4.39 Å². The minimum Gasteiger partial charge on any atom is -0.497 e. The smallest absolute Gasteiger partial charge is 0.261 e. The van der Waals surface area contributed by atoms with Gasteiger partial charge in [-0.2, -0.15) is 5.10 Å². The zero-order valence-electron chi connectivity index (χ0n) is 22.8. The van der Waals surface area contributed by atoms with Gasteiger partial charge in [0, 0.05) is 17.4 Å². The number of hydrogen-bond acceptors (Lipinski definition) is 6. The Morgan fingerprint density at radius 3 is 2.40 bits per heavy atom. The van der Waals surface area contributed by atoms with E-state index in [2.05, 4.69) is 15.1 Å². The molecule has 0 radical (unpaired) electrons. The Hall–Kier alpha value is -5.02. The van der Waals surface area contributed by atoms with Gasteiger partial charge in [-0.1, -0.05) is 41.9 Å². The van der Waals surface area contributed by atoms with Crippen molar-refractivity contribution in [3.8, 4) is 28.4 Å². The van der Waals surface area contributed by atoms with Crippen LogP contribution in [-0.4, -0.2) is 31.4 Å². The van der Waals surface area contributed by atoms with Crippen molar-refractivity contribution in [3.05, 3.63) is 130 Å². The van der Waals surface area contributed by atoms with Crippen molar-refractivity contribution in [3.63, 3.8) is 0 Å². The molecule has 0 aliphatic rings. The summed E-state index contributed by atoms with van der Waals surface area (Å²) >= 11 is 5.97. The first-order chi connectivity index (χ1) is 20.4. The Kier molecular flexibility index (Phi) is 7.41. The van der Waals surface area contributed by atoms with Gasteiger partial charge < -0.3 is 9.47 Å². The number of rotatable bonds is 8. The number of benzene rings is 3. The second kappa shape index (κ2) is 11.5. The first kappa shape index (κ1) is 27.2. The van der Waals surface area contributed by atoms with Gasteiger partial charge in [0.05, 0.1) is 43.2 Å². The van der Waals surface area contributed by atoms with Crippen LogP contribution in [0.15, 0.2) is 96.3 Å². The van der Waals surface area contributed by atoms with Crippen LogP contribution in [0.5, 0.6) is 17.2 Å². The third-order valence-electron chi connectivity index (χ3n) is 6.89. The quantitative estimate of drug-likeness (QED) is 0.200. The Bertz CT molecular complexity index is 1950. The van der Waals surface area contributed by atoms with Crippen LogP contribution in [-0.2, 0) is 13.1 Å². The maximum atomic E-state index is 15.4. The van der Waals surface area contributed by atoms with Gasteiger partial charge in [0.1, 0.15) is 11.5 Å². The summed E-state index contributed by atoms with van der Waals surface area (Å²) in [4.78, 5) is 21.9. The third kappa shape index (κ3) is 5.46. The molecule has 0 fully saturated rings. The predicted molar refractivity (Wildman–Crippen MR) is 159 cm³/mol. The first-order valence-electron chi connectivity index (χ1n) is 13.1. The molecular formula is C32H25ClFN5O3. The van der Waals surface area contributed by atoms with E-state index >= 15 is 4.39 Å². The number of ether oxygens (including phenoxy) is 2. The number of methoxy groups -OCH3 is 1. The van der Waals surface area contributed by atoms with Gasteiger partial charge >= 0.3 is 0 Å². The molecule has 0 atom stereocenters. The number of aryl methyl sites for hydroxylation is 1. The fourth-order valence-corrected chi connectivity index (χ4v) is 4.89. The lowest BCUT2D eigenvalue weighted by Crippen LogP contribution is -2.22. The van der Waals surface area contributed by atoms with Crippen LogP contribution >= 0.6 is 11.6 Å². The first-order valence-corrected chi connectivity index (χ1v) is 13.5. The molecule has 210 valence electrons. The predicted octanol–water partition coefficient (Wildman–Crippen LogP) is 6.65. The average Bonchev–Trinajstić information content (AvgIpc) is 3.32. The van der Waals surface area contributed by atoms with Gasteiger partial charge in [-0.25, -0.2) is 19.0 Å². The van der Waals surface area contributed by atoms with Crippen molar-refractivity contribution in [2.24, 2.45) is 0 Å². The summed E-state index contributed by atoms with van der Waals surface area (Å²) in [5.74, 6) is 0.596. The highest BCUT2D eigenvalue weighted by Crippen LogP contribution is 2.34. The Balaban J connectivity index is 1.26. The van der Waals surface area contributed by atoms with Crippen molar-refractivity contribution < 1.29 is 13.9 Å². The maximum Gasteiger partial charge on any atom is 0.261 e. The van der Waals surface area contributed by atoms with E-state index in [-0.39, 0.29) is 16.9 Å². The number of aromatic nitrogens is 5. The monoisotopic (exact) mass is 581 g/mol. The molecule has 0 aliphatic carbocycles. The lowest BCUT2D eigenvalue weighted by Gasteiger charge is -2.11. The molecule has 0 aliphatic heterocycles. The van der Waals surface area contributed by atoms with E-state index in [4.69, 9.17) is 21.1 Å². The highest BCUT2D eigenvalue weighted by Gasteiger charge is 2.17. The molecule has 0 saturated heterocycles. The zero-order valence-corrected chi connectivity index (χ0v) is 23.5. The molecule has 0 amide bonds. The van der Waals surface area contributed by atoms with Crippen molar-refractivity contribution >= 4 is 22.6 Å². The molecule has 3 aromatic carbocycles. The summed E-state index contributed by atoms with van der Waals surface area (Å²) in [6.07, 6.45) is 4.50. The molecule has 6 rings (SSSR count). The summed E-state index contributed by atoms with van der Waals surface area (Å²) in [5, 5.41) is 5.96. The van der Waals surface area contributed by atoms with Gasteiger partial charge in [-0.3, -0.25) is 9.36 Å². The molecule has 0 spiro atoms. The maximum absolute atomic E-state index is 15.4. The van der Waals surface area contributed by atoms with Crippen molar-refractivity contribution in [1.82, 2.24) is 24.3 Å². The number of nitrogens with zero attached hydrogens (tertiary/aromatic N) is 5. The molecule has 0 saturated carbocycles. The van der Waals surface area contributed by atoms with Crippen molar-refractivity contribution in [2.75, 3.05) is 7.11 Å². The third-order valence-corrected chi connectivity index (χ3v) is 7.14. The normalized spacial score (nSPS) is 11.1. The Labute approximate surface area is 245 Å². The molecule has 0 unspecified atom stereocenters. The Morgan fingerprint density at radius 2 is 1.67 bits per heavy atom. The highest BCUT2D eigenvalue weighted by atomic mass is 35.5. The van der Waals surface area contributed by atoms with E-state index in [1.807, 2.05) is 43.3 Å². The van der Waals surface area contributed by atoms with E-state index in [0.29, 0.717) is 46.2 Å². The van der Waals surface area contributed by atoms with E-state index in [0.717, 1.165) is 16.9 Å². The van der Waals surface area contributed by atoms with Gasteiger partial charge in [0.15, 0.2) is 17.2 Å². The minimum atomic E-state index is -0.617. The summed E-state index contributed by atoms with van der Waals surface area (Å²) in [5.41, 5.74) is 3.62. The van der Waals surface area contributed by atoms with Crippen LogP contribution in [0.3, 0.4) is 0 Å². The Morgan fingerprint density at radius 1 is 0.929 bits per heavy atom. The molecule has 8 nitrogen and oxygen atoms in total. The van der Waals surface area contributed by atoms with Crippen LogP contribution in [0.1, 0.15) is 16.8 Å². The van der Waals surface area contributed by atoms with E-state index in [1.165, 1.54) is 29.2 Å². The van der Waals surface area contributed by atoms with Crippen LogP contribution in [0.25, 0.3) is 22.2 Å². The topological polar surface area (TPSA) is 84.1 Å². The highest BCUT2D eigenvalue weighted by molar-refractivity contribution is 6.30. The fourth-order valence-electron chi connectivity index (χ4n) is 4.76. The van der Waals surface area contributed by atoms with Crippen LogP contribution in [0.2, 0.25) is 5.02 Å². The van der Waals surface area contributed by atoms with Gasteiger partial charge in [0.25, 0.3) is 5.56 Å². The van der Waals surface area contributed by atoms with Gasteiger partial charge in [-0.05, 0) is 66.1 Å². The van der Waals surface area contributed by atoms with Gasteiger partial charge in [0.2, 0.25) is 0 Å². The van der Waals surface area contributed by atoms with Crippen LogP contribution in [0, 0.1) is 12.7 Å². The zero-order chi connectivity index (χ0) is 29.2. The van der Waals surface area contributed by atoms with Crippen LogP contribution < -0.4 is 15.0 Å². The van der Waals surface area contributed by atoms with E-state index < -0.39 is 5.82 Å². The molecule has 6 aromatic rings. The lowest BCUT2D eigenvalue weighted by atomic mass is 10.1. The molecule has 10 heteroatoms. The van der Waals surface area contributed by atoms with Gasteiger partial charge in [-0.15, -0.1) is 0 Å². The van der Waals surface area contributed by atoms with Crippen molar-refractivity contribution in [2.45, 2.75) is 20.0 Å². The molecule has 0 bridgehead atoms. The number of fused-ring (bicyclic) bond motifs is 1. The summed E-state index contributed by atoms with van der Waals surface area (Å²) in [6.45, 7) is 2.66. The largest absolute Gasteiger partial charge is 0.497 e. The second-order valence-corrected chi connectivity index (χ2v) is 10.1. The minimum absolute atomic E-state index is 0.0129. The summed E-state index contributed by atoms with van der Waals surface area (Å²) in [6, 6.07) is 21.0. The standard InChI is InChI=1S/C32H25ClFN5O3/c1-20-30-29(13-14-36-31(30)39(37-20)18-22-5-10-25(41-2)11-6-22)42-28-12-7-23(15-27(28)34)26-16-35-19-38(32(26)40)17-21-3-8-24(33)9-4-21/h3-16,19H,17-18H2,1-2H3.